The maximum atomic E-state index is 12.7. The number of carbonyl (C=O) groups excluding carboxylic acids is 1. The molecule has 2 saturated heterocycles. The van der Waals surface area contributed by atoms with Crippen LogP contribution in [-0.2, 0) is 20.9 Å². The topological polar surface area (TPSA) is 133 Å². The average molecular weight is 587 g/mol. The Kier molecular flexibility index (Phi) is 11.2. The van der Waals surface area contributed by atoms with Gasteiger partial charge in [0.25, 0.3) is 5.91 Å². The summed E-state index contributed by atoms with van der Waals surface area (Å²) in [7, 11) is 0. The second-order valence-electron chi connectivity index (χ2n) is 8.33. The maximum absolute atomic E-state index is 12.7. The SMILES string of the molecule is Cc1nc(C(=O)N2C[C@@H]3CN(Cc4cccnc4)CCO[C@@H]3C2)cs1.O=C(O)C(F)(F)F.O=C(O)C(F)(F)F. The smallest absolute Gasteiger partial charge is 0.475 e. The van der Waals surface area contributed by atoms with Crippen LogP contribution in [0.5, 0.6) is 0 Å². The molecule has 2 N–H and O–H groups in total. The van der Waals surface area contributed by atoms with Gasteiger partial charge < -0.3 is 19.8 Å². The molecule has 2 aliphatic rings. The first-order chi connectivity index (χ1) is 18.1. The van der Waals surface area contributed by atoms with Crippen LogP contribution in [0.1, 0.15) is 21.1 Å². The summed E-state index contributed by atoms with van der Waals surface area (Å²) in [5.41, 5.74) is 1.77. The zero-order valence-electron chi connectivity index (χ0n) is 20.3. The highest BCUT2D eigenvalue weighted by atomic mass is 32.1. The van der Waals surface area contributed by atoms with Gasteiger partial charge in [-0.25, -0.2) is 14.6 Å². The number of halogens is 6. The first-order valence-electron chi connectivity index (χ1n) is 11.1. The van der Waals surface area contributed by atoms with Crippen molar-refractivity contribution in [1.29, 1.82) is 0 Å². The summed E-state index contributed by atoms with van der Waals surface area (Å²) in [6.07, 6.45) is -6.33. The van der Waals surface area contributed by atoms with Gasteiger partial charge in [0.05, 0.1) is 17.7 Å². The number of nitrogens with zero attached hydrogens (tertiary/aromatic N) is 4. The summed E-state index contributed by atoms with van der Waals surface area (Å²) in [6.45, 7) is 6.78. The number of thiazole rings is 1. The van der Waals surface area contributed by atoms with Crippen LogP contribution in [0, 0.1) is 12.8 Å². The van der Waals surface area contributed by atoms with Crippen molar-refractivity contribution < 1.29 is 55.7 Å². The van der Waals surface area contributed by atoms with Crippen LogP contribution in [0.3, 0.4) is 0 Å². The average Bonchev–Trinajstić information content (AvgIpc) is 3.40. The maximum Gasteiger partial charge on any atom is 0.490 e. The van der Waals surface area contributed by atoms with Crippen molar-refractivity contribution in [3.63, 3.8) is 0 Å². The number of aliphatic carboxylic acids is 2. The van der Waals surface area contributed by atoms with Crippen molar-refractivity contribution in [3.05, 3.63) is 46.2 Å². The van der Waals surface area contributed by atoms with Crippen LogP contribution in [0.2, 0.25) is 0 Å². The lowest BCUT2D eigenvalue weighted by molar-refractivity contribution is -0.193. The second kappa shape index (κ2) is 13.7. The third kappa shape index (κ3) is 10.4. The van der Waals surface area contributed by atoms with E-state index in [0.29, 0.717) is 24.8 Å². The van der Waals surface area contributed by atoms with E-state index in [4.69, 9.17) is 24.5 Å². The van der Waals surface area contributed by atoms with Crippen molar-refractivity contribution in [2.24, 2.45) is 5.92 Å². The molecule has 2 atom stereocenters. The van der Waals surface area contributed by atoms with Crippen LogP contribution in [0.25, 0.3) is 0 Å². The number of rotatable bonds is 3. The molecular weight excluding hydrogens is 562 g/mol. The molecule has 0 unspecified atom stereocenters. The Balaban J connectivity index is 0.000000317. The highest BCUT2D eigenvalue weighted by Crippen LogP contribution is 2.26. The van der Waals surface area contributed by atoms with Gasteiger partial charge in [0.1, 0.15) is 5.69 Å². The normalized spacial score (nSPS) is 19.5. The number of carbonyl (C=O) groups is 3. The lowest BCUT2D eigenvalue weighted by atomic mass is 10.1. The van der Waals surface area contributed by atoms with Crippen molar-refractivity contribution in [2.75, 3.05) is 32.8 Å². The number of carboxylic acids is 2. The van der Waals surface area contributed by atoms with Crippen molar-refractivity contribution >= 4 is 29.2 Å². The predicted molar refractivity (Wildman–Crippen MR) is 123 cm³/mol. The van der Waals surface area contributed by atoms with E-state index in [9.17, 15) is 31.1 Å². The number of hydrogen-bond acceptors (Lipinski definition) is 8. The number of hydrogen-bond donors (Lipinski definition) is 2. The van der Waals surface area contributed by atoms with E-state index in [-0.39, 0.29) is 12.0 Å². The predicted octanol–water partition coefficient (Wildman–Crippen LogP) is 3.09. The fraction of sp³-hybridized carbons (Fsp3) is 0.500. The van der Waals surface area contributed by atoms with Crippen molar-refractivity contribution in [1.82, 2.24) is 19.8 Å². The minimum Gasteiger partial charge on any atom is -0.475 e. The molecule has 0 aliphatic carbocycles. The molecule has 10 nitrogen and oxygen atoms in total. The number of likely N-dealkylation sites (tertiary alicyclic amines) is 1. The number of carboxylic acid groups (broad SMARTS) is 2. The standard InChI is InChI=1S/C18H22N4O2S.2C2HF3O2/c1-13-20-16(12-25-13)18(23)22-10-15-9-21(5-6-24-17(15)11-22)8-14-3-2-4-19-7-14;2*3-2(4,5)1(6)7/h2-4,7,12,15,17H,5-6,8-11H2,1H3;2*(H,6,7)/t15-,17+;;/m0../s1. The van der Waals surface area contributed by atoms with Gasteiger partial charge >= 0.3 is 24.3 Å². The molecule has 4 heterocycles. The first-order valence-corrected chi connectivity index (χ1v) is 12.0. The zero-order valence-corrected chi connectivity index (χ0v) is 21.1. The van der Waals surface area contributed by atoms with Crippen LogP contribution >= 0.6 is 11.3 Å². The van der Waals surface area contributed by atoms with Crippen molar-refractivity contribution in [3.8, 4) is 0 Å². The Labute approximate surface area is 221 Å². The minimum atomic E-state index is -5.08. The van der Waals surface area contributed by atoms with Crippen LogP contribution in [-0.4, -0.2) is 99.1 Å². The van der Waals surface area contributed by atoms with Gasteiger partial charge in [0, 0.05) is 56.4 Å². The van der Waals surface area contributed by atoms with E-state index in [1.165, 1.54) is 16.9 Å². The molecule has 0 saturated carbocycles. The molecule has 0 radical (unpaired) electrons. The summed E-state index contributed by atoms with van der Waals surface area (Å²) >= 11 is 1.52. The summed E-state index contributed by atoms with van der Waals surface area (Å²) in [6, 6.07) is 4.07. The quantitative estimate of drug-likeness (QED) is 0.521. The van der Waals surface area contributed by atoms with E-state index in [1.807, 2.05) is 29.5 Å². The van der Waals surface area contributed by atoms with Gasteiger partial charge in [-0.05, 0) is 18.6 Å². The molecule has 0 aromatic carbocycles. The Morgan fingerprint density at radius 3 is 2.18 bits per heavy atom. The summed E-state index contributed by atoms with van der Waals surface area (Å²) in [5, 5.41) is 17.0. The summed E-state index contributed by atoms with van der Waals surface area (Å²) in [4.78, 5) is 43.3. The van der Waals surface area contributed by atoms with Crippen LogP contribution in [0.15, 0.2) is 29.9 Å². The fourth-order valence-corrected chi connectivity index (χ4v) is 4.23. The lowest BCUT2D eigenvalue weighted by Crippen LogP contribution is -2.33. The highest BCUT2D eigenvalue weighted by molar-refractivity contribution is 7.09. The Morgan fingerprint density at radius 2 is 1.69 bits per heavy atom. The molecule has 17 heteroatoms. The molecule has 2 aliphatic heterocycles. The molecule has 39 heavy (non-hydrogen) atoms. The Hall–Kier alpha value is -3.31. The highest BCUT2D eigenvalue weighted by Gasteiger charge is 2.40. The molecule has 216 valence electrons. The number of fused-ring (bicyclic) bond motifs is 1. The summed E-state index contributed by atoms with van der Waals surface area (Å²) < 4.78 is 69.5. The molecule has 1 amide bonds. The molecule has 0 spiro atoms. The monoisotopic (exact) mass is 586 g/mol. The number of amides is 1. The van der Waals surface area contributed by atoms with E-state index in [0.717, 1.165) is 31.2 Å². The van der Waals surface area contributed by atoms with Gasteiger partial charge in [-0.2, -0.15) is 26.3 Å². The van der Waals surface area contributed by atoms with E-state index in [2.05, 4.69) is 20.9 Å². The van der Waals surface area contributed by atoms with Crippen LogP contribution < -0.4 is 0 Å². The van der Waals surface area contributed by atoms with Crippen molar-refractivity contribution in [2.45, 2.75) is 31.9 Å². The minimum absolute atomic E-state index is 0.0276. The number of alkyl halides is 6. The van der Waals surface area contributed by atoms with Gasteiger partial charge in [-0.1, -0.05) is 6.07 Å². The lowest BCUT2D eigenvalue weighted by Gasteiger charge is -2.23. The van der Waals surface area contributed by atoms with E-state index < -0.39 is 24.3 Å². The molecular formula is C22H24F6N4O6S. The van der Waals surface area contributed by atoms with Gasteiger partial charge in [0.2, 0.25) is 0 Å². The fourth-order valence-electron chi connectivity index (χ4n) is 3.64. The van der Waals surface area contributed by atoms with E-state index >= 15 is 0 Å². The molecule has 2 aromatic heterocycles. The van der Waals surface area contributed by atoms with E-state index in [1.54, 1.807) is 6.20 Å². The third-order valence-electron chi connectivity index (χ3n) is 5.35. The number of aromatic nitrogens is 2. The molecule has 2 fully saturated rings. The largest absolute Gasteiger partial charge is 0.490 e. The Morgan fingerprint density at radius 1 is 1.08 bits per heavy atom. The van der Waals surface area contributed by atoms with Gasteiger partial charge in [-0.3, -0.25) is 14.7 Å². The zero-order chi connectivity index (χ0) is 29.4. The van der Waals surface area contributed by atoms with Gasteiger partial charge in [0.15, 0.2) is 0 Å². The van der Waals surface area contributed by atoms with Crippen LogP contribution in [0.4, 0.5) is 26.3 Å². The number of aryl methyl sites for hydroxylation is 1. The summed E-state index contributed by atoms with van der Waals surface area (Å²) in [5.74, 6) is -5.14. The third-order valence-corrected chi connectivity index (χ3v) is 6.13. The number of pyridine rings is 1. The first kappa shape index (κ1) is 31.9. The second-order valence-corrected chi connectivity index (χ2v) is 9.40. The molecule has 0 bridgehead atoms. The molecule has 4 rings (SSSR count). The van der Waals surface area contributed by atoms with Gasteiger partial charge in [-0.15, -0.1) is 11.3 Å². The Bertz CT molecular complexity index is 1090. The number of ether oxygens (including phenoxy) is 1. The molecule has 2 aromatic rings.